The zero-order chi connectivity index (χ0) is 14.5. The summed E-state index contributed by atoms with van der Waals surface area (Å²) in [5.74, 6) is -1.71. The number of amides is 1. The predicted molar refractivity (Wildman–Crippen MR) is 76.4 cm³/mol. The maximum absolute atomic E-state index is 12.7. The van der Waals surface area contributed by atoms with E-state index in [-0.39, 0.29) is 17.9 Å². The second-order valence-corrected chi connectivity index (χ2v) is 7.14. The molecule has 5 heteroatoms. The number of carbonyl (C=O) groups is 2. The first-order valence-corrected chi connectivity index (χ1v) is 7.94. The highest BCUT2D eigenvalue weighted by atomic mass is 32.1. The van der Waals surface area contributed by atoms with Crippen molar-refractivity contribution in [2.24, 2.45) is 17.3 Å². The average molecular weight is 293 g/mol. The van der Waals surface area contributed by atoms with Gasteiger partial charge in [-0.25, -0.2) is 0 Å². The molecule has 1 N–H and O–H groups in total. The Labute approximate surface area is 122 Å². The Morgan fingerprint density at radius 1 is 1.40 bits per heavy atom. The molecule has 1 aliphatic carbocycles. The van der Waals surface area contributed by atoms with Crippen molar-refractivity contribution in [1.29, 1.82) is 0 Å². The first-order valence-electron chi connectivity index (χ1n) is 7.00. The summed E-state index contributed by atoms with van der Waals surface area (Å²) >= 11 is 1.64. The lowest BCUT2D eigenvalue weighted by Gasteiger charge is -2.25. The number of carbonyl (C=O) groups excluding carboxylic acids is 1. The van der Waals surface area contributed by atoms with E-state index < -0.39 is 17.3 Å². The largest absolute Gasteiger partial charge is 0.481 e. The molecule has 0 radical (unpaired) electrons. The van der Waals surface area contributed by atoms with Crippen LogP contribution in [0.3, 0.4) is 0 Å². The van der Waals surface area contributed by atoms with Crippen LogP contribution in [0, 0.1) is 17.3 Å². The van der Waals surface area contributed by atoms with E-state index in [9.17, 15) is 14.7 Å². The lowest BCUT2D eigenvalue weighted by Crippen LogP contribution is -2.33. The van der Waals surface area contributed by atoms with E-state index in [0.29, 0.717) is 0 Å². The van der Waals surface area contributed by atoms with Crippen molar-refractivity contribution in [1.82, 2.24) is 4.90 Å². The summed E-state index contributed by atoms with van der Waals surface area (Å²) in [7, 11) is 0. The van der Waals surface area contributed by atoms with Gasteiger partial charge in [-0.05, 0) is 40.6 Å². The first-order chi connectivity index (χ1) is 9.44. The second kappa shape index (κ2) is 4.58. The molecule has 1 saturated heterocycles. The van der Waals surface area contributed by atoms with Crippen LogP contribution in [0.25, 0.3) is 0 Å². The summed E-state index contributed by atoms with van der Waals surface area (Å²) in [5.41, 5.74) is 0.774. The van der Waals surface area contributed by atoms with Gasteiger partial charge in [0.05, 0.1) is 17.9 Å². The minimum absolute atomic E-state index is 0.0242. The number of carboxylic acids is 1. The monoisotopic (exact) mass is 293 g/mol. The van der Waals surface area contributed by atoms with Crippen LogP contribution >= 0.6 is 11.3 Å². The van der Waals surface area contributed by atoms with Crippen molar-refractivity contribution in [3.8, 4) is 0 Å². The average Bonchev–Trinajstić information content (AvgIpc) is 2.87. The van der Waals surface area contributed by atoms with Gasteiger partial charge in [0.2, 0.25) is 5.91 Å². The lowest BCUT2D eigenvalue weighted by molar-refractivity contribution is -0.142. The molecule has 0 aromatic carbocycles. The molecule has 1 amide bonds. The Kier molecular flexibility index (Phi) is 3.12. The van der Waals surface area contributed by atoms with E-state index in [4.69, 9.17) is 0 Å². The molecule has 0 bridgehead atoms. The van der Waals surface area contributed by atoms with Crippen molar-refractivity contribution in [3.63, 3.8) is 0 Å². The first kappa shape index (κ1) is 13.6. The summed E-state index contributed by atoms with van der Waals surface area (Å²) in [6, 6.07) is 2.20. The summed E-state index contributed by atoms with van der Waals surface area (Å²) in [6.07, 6.45) is 1.98. The minimum Gasteiger partial charge on any atom is -0.481 e. The van der Waals surface area contributed by atoms with Gasteiger partial charge in [-0.2, -0.15) is 11.3 Å². The highest BCUT2D eigenvalue weighted by molar-refractivity contribution is 7.07. The fraction of sp³-hybridized carbons (Fsp3) is 0.600. The van der Waals surface area contributed by atoms with E-state index in [1.54, 1.807) is 11.3 Å². The van der Waals surface area contributed by atoms with E-state index in [1.807, 2.05) is 24.1 Å². The summed E-state index contributed by atoms with van der Waals surface area (Å²) in [5, 5.41) is 13.3. The fourth-order valence-corrected chi connectivity index (χ4v) is 4.29. The number of rotatable bonds is 3. The van der Waals surface area contributed by atoms with Crippen molar-refractivity contribution in [3.05, 3.63) is 22.4 Å². The molecule has 1 aliphatic heterocycles. The van der Waals surface area contributed by atoms with Crippen LogP contribution < -0.4 is 0 Å². The second-order valence-electron chi connectivity index (χ2n) is 6.36. The van der Waals surface area contributed by atoms with Crippen molar-refractivity contribution in [2.45, 2.75) is 32.7 Å². The van der Waals surface area contributed by atoms with Crippen LogP contribution in [-0.2, 0) is 9.59 Å². The predicted octanol–water partition coefficient (Wildman–Crippen LogP) is 2.77. The van der Waals surface area contributed by atoms with E-state index >= 15 is 0 Å². The molecule has 0 spiro atoms. The van der Waals surface area contributed by atoms with Crippen LogP contribution in [0.5, 0.6) is 0 Å². The van der Waals surface area contributed by atoms with Gasteiger partial charge in [0.25, 0.3) is 0 Å². The number of nitrogens with zero attached hydrogens (tertiary/aromatic N) is 1. The van der Waals surface area contributed by atoms with Gasteiger partial charge in [0, 0.05) is 6.54 Å². The standard InChI is InChI=1S/C15H19NO3S/c1-15(2)11(12(15)14(18)19)13(17)16-6-3-4-10(16)9-5-7-20-8-9/h5,7-8,10-12H,3-4,6H2,1-2H3,(H,18,19). The van der Waals surface area contributed by atoms with Crippen molar-refractivity contribution in [2.75, 3.05) is 6.54 Å². The molecule has 2 heterocycles. The quantitative estimate of drug-likeness (QED) is 0.932. The van der Waals surface area contributed by atoms with Crippen LogP contribution in [0.15, 0.2) is 16.8 Å². The Bertz CT molecular complexity index is 537. The molecule has 3 rings (SSSR count). The van der Waals surface area contributed by atoms with Crippen molar-refractivity contribution < 1.29 is 14.7 Å². The van der Waals surface area contributed by atoms with Crippen LogP contribution in [0.4, 0.5) is 0 Å². The topological polar surface area (TPSA) is 57.6 Å². The van der Waals surface area contributed by atoms with Gasteiger partial charge in [-0.15, -0.1) is 0 Å². The van der Waals surface area contributed by atoms with E-state index in [0.717, 1.165) is 19.4 Å². The zero-order valence-corrected chi connectivity index (χ0v) is 12.5. The van der Waals surface area contributed by atoms with Crippen LogP contribution in [0.2, 0.25) is 0 Å². The molecular weight excluding hydrogens is 274 g/mol. The molecule has 108 valence electrons. The fourth-order valence-electron chi connectivity index (χ4n) is 3.58. The molecule has 3 unspecified atom stereocenters. The highest BCUT2D eigenvalue weighted by Gasteiger charge is 2.67. The number of aliphatic carboxylic acids is 1. The van der Waals surface area contributed by atoms with Gasteiger partial charge in [0.1, 0.15) is 0 Å². The molecule has 2 fully saturated rings. The number of carboxylic acid groups (broad SMARTS) is 1. The van der Waals surface area contributed by atoms with Gasteiger partial charge in [-0.3, -0.25) is 9.59 Å². The lowest BCUT2D eigenvalue weighted by atomic mass is 10.1. The maximum atomic E-state index is 12.7. The third-order valence-electron chi connectivity index (χ3n) is 4.82. The normalized spacial score (nSPS) is 31.3. The zero-order valence-electron chi connectivity index (χ0n) is 11.7. The highest BCUT2D eigenvalue weighted by Crippen LogP contribution is 2.59. The summed E-state index contributed by atoms with van der Waals surface area (Å²) < 4.78 is 0. The van der Waals surface area contributed by atoms with Crippen LogP contribution in [0.1, 0.15) is 38.3 Å². The third kappa shape index (κ3) is 1.95. The van der Waals surface area contributed by atoms with Gasteiger partial charge >= 0.3 is 5.97 Å². The number of hydrogen-bond acceptors (Lipinski definition) is 3. The van der Waals surface area contributed by atoms with Crippen molar-refractivity contribution >= 4 is 23.2 Å². The molecule has 20 heavy (non-hydrogen) atoms. The molecule has 4 nitrogen and oxygen atoms in total. The molecule has 1 aromatic rings. The Morgan fingerprint density at radius 3 is 2.70 bits per heavy atom. The number of hydrogen-bond donors (Lipinski definition) is 1. The smallest absolute Gasteiger partial charge is 0.307 e. The van der Waals surface area contributed by atoms with Gasteiger partial charge in [-0.1, -0.05) is 13.8 Å². The summed E-state index contributed by atoms with van der Waals surface area (Å²) in [6.45, 7) is 4.51. The number of likely N-dealkylation sites (tertiary alicyclic amines) is 1. The SMILES string of the molecule is CC1(C)C(C(=O)O)C1C(=O)N1CCCC1c1ccsc1. The van der Waals surface area contributed by atoms with E-state index in [2.05, 4.69) is 11.4 Å². The Morgan fingerprint density at radius 2 is 2.15 bits per heavy atom. The minimum atomic E-state index is -0.848. The van der Waals surface area contributed by atoms with Gasteiger partial charge in [0.15, 0.2) is 0 Å². The van der Waals surface area contributed by atoms with Gasteiger partial charge < -0.3 is 10.0 Å². The van der Waals surface area contributed by atoms with E-state index in [1.165, 1.54) is 5.56 Å². The Hall–Kier alpha value is -1.36. The molecule has 2 aliphatic rings. The maximum Gasteiger partial charge on any atom is 0.307 e. The summed E-state index contributed by atoms with van der Waals surface area (Å²) in [4.78, 5) is 25.9. The molecule has 1 saturated carbocycles. The molecular formula is C15H19NO3S. The Balaban J connectivity index is 1.79. The molecule has 3 atom stereocenters. The van der Waals surface area contributed by atoms with Crippen LogP contribution in [-0.4, -0.2) is 28.4 Å². The molecule has 1 aromatic heterocycles. The third-order valence-corrected chi connectivity index (χ3v) is 5.52. The number of thiophene rings is 1.